The molecule has 0 aliphatic carbocycles. The maximum absolute atomic E-state index is 13.1. The maximum atomic E-state index is 13.1. The Morgan fingerprint density at radius 2 is 2.30 bits per heavy atom. The number of fused-ring (bicyclic) bond motifs is 1. The van der Waals surface area contributed by atoms with E-state index < -0.39 is 0 Å². The van der Waals surface area contributed by atoms with E-state index in [0.717, 1.165) is 18.5 Å². The number of aromatic amines is 1. The summed E-state index contributed by atoms with van der Waals surface area (Å²) in [5.41, 5.74) is 2.58. The quantitative estimate of drug-likeness (QED) is 0.769. The van der Waals surface area contributed by atoms with Gasteiger partial charge in [-0.1, -0.05) is 12.1 Å². The van der Waals surface area contributed by atoms with Crippen molar-refractivity contribution in [3.8, 4) is 0 Å². The van der Waals surface area contributed by atoms with Crippen LogP contribution in [-0.4, -0.2) is 39.0 Å². The van der Waals surface area contributed by atoms with Crippen LogP contribution in [0, 0.1) is 6.92 Å². The molecule has 3 aromatic heterocycles. The number of nitrogens with one attached hydrogen (secondary N) is 1. The van der Waals surface area contributed by atoms with Crippen molar-refractivity contribution in [2.24, 2.45) is 0 Å². The third-order valence-corrected chi connectivity index (χ3v) is 5.25. The minimum Gasteiger partial charge on any atom is -0.360 e. The van der Waals surface area contributed by atoms with Crippen LogP contribution in [0.1, 0.15) is 53.2 Å². The highest BCUT2D eigenvalue weighted by molar-refractivity contribution is 5.96. The van der Waals surface area contributed by atoms with Gasteiger partial charge < -0.3 is 14.4 Å². The Bertz CT molecular complexity index is 1050. The Labute approximate surface area is 156 Å². The highest BCUT2D eigenvalue weighted by Gasteiger charge is 2.30. The molecule has 1 unspecified atom stereocenters. The van der Waals surface area contributed by atoms with Gasteiger partial charge in [0.2, 0.25) is 0 Å². The predicted molar refractivity (Wildman–Crippen MR) is 101 cm³/mol. The number of piperidine rings is 1. The highest BCUT2D eigenvalue weighted by atomic mass is 16.5. The number of carbonyl (C=O) groups excluding carboxylic acids is 1. The molecule has 3 aromatic rings. The fraction of sp³-hybridized carbons (Fsp3) is 0.400. The van der Waals surface area contributed by atoms with Gasteiger partial charge in [0, 0.05) is 37.3 Å². The molecular formula is C20H22N4O3. The molecule has 1 amide bonds. The number of amides is 1. The third kappa shape index (κ3) is 3.13. The molecule has 0 spiro atoms. The molecule has 1 fully saturated rings. The van der Waals surface area contributed by atoms with Crippen LogP contribution in [0.5, 0.6) is 0 Å². The largest absolute Gasteiger partial charge is 0.360 e. The van der Waals surface area contributed by atoms with Crippen LogP contribution < -0.4 is 5.56 Å². The van der Waals surface area contributed by atoms with E-state index in [0.29, 0.717) is 47.4 Å². The number of carbonyl (C=O) groups is 1. The van der Waals surface area contributed by atoms with Crippen LogP contribution >= 0.6 is 0 Å². The summed E-state index contributed by atoms with van der Waals surface area (Å²) < 4.78 is 5.28. The lowest BCUT2D eigenvalue weighted by atomic mass is 9.93. The summed E-state index contributed by atoms with van der Waals surface area (Å²) in [6.45, 7) is 4.99. The van der Waals surface area contributed by atoms with E-state index in [1.165, 1.54) is 0 Å². The first-order valence-electron chi connectivity index (χ1n) is 9.30. The smallest absolute Gasteiger partial charge is 0.259 e. The molecule has 27 heavy (non-hydrogen) atoms. The number of aryl methyl sites for hydroxylation is 2. The van der Waals surface area contributed by atoms with Gasteiger partial charge in [0.15, 0.2) is 0 Å². The average molecular weight is 366 g/mol. The van der Waals surface area contributed by atoms with E-state index >= 15 is 0 Å². The van der Waals surface area contributed by atoms with Crippen LogP contribution in [0.15, 0.2) is 33.7 Å². The van der Waals surface area contributed by atoms with Crippen molar-refractivity contribution < 1.29 is 9.32 Å². The Morgan fingerprint density at radius 3 is 3.11 bits per heavy atom. The molecule has 1 saturated heterocycles. The lowest BCUT2D eigenvalue weighted by Gasteiger charge is -2.32. The van der Waals surface area contributed by atoms with Gasteiger partial charge in [-0.05, 0) is 38.0 Å². The van der Waals surface area contributed by atoms with Gasteiger partial charge >= 0.3 is 0 Å². The normalized spacial score (nSPS) is 17.4. The molecule has 140 valence electrons. The second kappa shape index (κ2) is 6.98. The predicted octanol–water partition coefficient (Wildman–Crippen LogP) is 2.80. The van der Waals surface area contributed by atoms with Crippen molar-refractivity contribution in [1.29, 1.82) is 0 Å². The molecule has 0 aromatic carbocycles. The molecule has 4 rings (SSSR count). The van der Waals surface area contributed by atoms with Crippen LogP contribution in [0.25, 0.3) is 10.9 Å². The van der Waals surface area contributed by atoms with E-state index in [4.69, 9.17) is 4.52 Å². The lowest BCUT2D eigenvalue weighted by Crippen LogP contribution is -2.40. The maximum Gasteiger partial charge on any atom is 0.259 e. The van der Waals surface area contributed by atoms with Crippen molar-refractivity contribution in [1.82, 2.24) is 20.0 Å². The van der Waals surface area contributed by atoms with Gasteiger partial charge in [-0.2, -0.15) is 0 Å². The summed E-state index contributed by atoms with van der Waals surface area (Å²) in [5, 5.41) is 4.53. The summed E-state index contributed by atoms with van der Waals surface area (Å²) >= 11 is 0. The fourth-order valence-electron chi connectivity index (χ4n) is 3.83. The second-order valence-corrected chi connectivity index (χ2v) is 7.00. The molecule has 1 aliphatic rings. The van der Waals surface area contributed by atoms with Crippen LogP contribution in [0.4, 0.5) is 0 Å². The zero-order valence-corrected chi connectivity index (χ0v) is 15.5. The van der Waals surface area contributed by atoms with Gasteiger partial charge in [0.05, 0.1) is 16.6 Å². The zero-order chi connectivity index (χ0) is 19.0. The average Bonchev–Trinajstić information content (AvgIpc) is 3.08. The molecule has 0 radical (unpaired) electrons. The molecule has 4 heterocycles. The minimum atomic E-state index is -0.137. The lowest BCUT2D eigenvalue weighted by molar-refractivity contribution is 0.0703. The number of likely N-dealkylation sites (tertiary alicyclic amines) is 1. The van der Waals surface area contributed by atoms with Crippen LogP contribution in [0.2, 0.25) is 0 Å². The zero-order valence-electron chi connectivity index (χ0n) is 15.5. The van der Waals surface area contributed by atoms with Gasteiger partial charge in [-0.25, -0.2) is 0 Å². The molecule has 0 saturated carbocycles. The Hall–Kier alpha value is -2.96. The van der Waals surface area contributed by atoms with Crippen LogP contribution in [-0.2, 0) is 6.42 Å². The second-order valence-electron chi connectivity index (χ2n) is 7.00. The number of pyridine rings is 2. The van der Waals surface area contributed by atoms with Gasteiger partial charge in [0.25, 0.3) is 11.5 Å². The van der Waals surface area contributed by atoms with Gasteiger partial charge in [0.1, 0.15) is 11.3 Å². The Balaban J connectivity index is 1.62. The SMILES string of the molecule is CCc1onc(C)c1C(=O)N1CCCC(c2cc3ncccc3c(=O)[nH]2)C1. The Kier molecular flexibility index (Phi) is 4.51. The number of nitrogens with zero attached hydrogens (tertiary/aromatic N) is 3. The van der Waals surface area contributed by atoms with Crippen molar-refractivity contribution in [2.45, 2.75) is 39.0 Å². The van der Waals surface area contributed by atoms with E-state index in [9.17, 15) is 9.59 Å². The number of hydrogen-bond donors (Lipinski definition) is 1. The standard InChI is InChI=1S/C20H22N4O3/c1-3-17-18(12(2)23-27-17)20(26)24-9-5-6-13(11-24)15-10-16-14(19(25)22-15)7-4-8-21-16/h4,7-8,10,13H,3,5-6,9,11H2,1-2H3,(H,22,25). The van der Waals surface area contributed by atoms with Crippen LogP contribution in [0.3, 0.4) is 0 Å². The molecule has 7 heteroatoms. The number of aromatic nitrogens is 3. The fourth-order valence-corrected chi connectivity index (χ4v) is 3.83. The highest BCUT2D eigenvalue weighted by Crippen LogP contribution is 2.28. The summed E-state index contributed by atoms with van der Waals surface area (Å²) in [7, 11) is 0. The van der Waals surface area contributed by atoms with Gasteiger partial charge in [-0.15, -0.1) is 0 Å². The molecule has 1 atom stereocenters. The number of rotatable bonds is 3. The van der Waals surface area contributed by atoms with E-state index in [1.807, 2.05) is 17.9 Å². The van der Waals surface area contributed by atoms with E-state index in [1.54, 1.807) is 25.3 Å². The monoisotopic (exact) mass is 366 g/mol. The number of H-pyrrole nitrogens is 1. The molecule has 1 aliphatic heterocycles. The van der Waals surface area contributed by atoms with E-state index in [-0.39, 0.29) is 17.4 Å². The minimum absolute atomic E-state index is 0.0449. The third-order valence-electron chi connectivity index (χ3n) is 5.25. The summed E-state index contributed by atoms with van der Waals surface area (Å²) in [6.07, 6.45) is 4.11. The first-order chi connectivity index (χ1) is 13.1. The van der Waals surface area contributed by atoms with E-state index in [2.05, 4.69) is 15.1 Å². The van der Waals surface area contributed by atoms with Crippen molar-refractivity contribution in [3.63, 3.8) is 0 Å². The summed E-state index contributed by atoms with van der Waals surface area (Å²) in [5.74, 6) is 0.659. The van der Waals surface area contributed by atoms with Gasteiger partial charge in [-0.3, -0.25) is 14.6 Å². The van der Waals surface area contributed by atoms with Crippen molar-refractivity contribution in [3.05, 3.63) is 57.5 Å². The molecule has 1 N–H and O–H groups in total. The first-order valence-corrected chi connectivity index (χ1v) is 9.30. The Morgan fingerprint density at radius 1 is 1.44 bits per heavy atom. The molecule has 0 bridgehead atoms. The molecular weight excluding hydrogens is 344 g/mol. The number of hydrogen-bond acceptors (Lipinski definition) is 5. The molecule has 7 nitrogen and oxygen atoms in total. The van der Waals surface area contributed by atoms with Crippen molar-refractivity contribution >= 4 is 16.8 Å². The van der Waals surface area contributed by atoms with Crippen molar-refractivity contribution in [2.75, 3.05) is 13.1 Å². The summed E-state index contributed by atoms with van der Waals surface area (Å²) in [4.78, 5) is 34.6. The first kappa shape index (κ1) is 17.5. The summed E-state index contributed by atoms with van der Waals surface area (Å²) in [6, 6.07) is 5.45. The topological polar surface area (TPSA) is 92.1 Å².